The van der Waals surface area contributed by atoms with Gasteiger partial charge >= 0.3 is 0 Å². The number of hydrogen-bond donors (Lipinski definition) is 1. The molecule has 0 bridgehead atoms. The van der Waals surface area contributed by atoms with Crippen molar-refractivity contribution in [3.05, 3.63) is 23.9 Å². The van der Waals surface area contributed by atoms with Crippen LogP contribution < -0.4 is 5.32 Å². The van der Waals surface area contributed by atoms with Gasteiger partial charge in [0, 0.05) is 25.8 Å². The van der Waals surface area contributed by atoms with Crippen molar-refractivity contribution in [2.24, 2.45) is 5.41 Å². The summed E-state index contributed by atoms with van der Waals surface area (Å²) >= 11 is 0. The molecule has 3 nitrogen and oxygen atoms in total. The predicted octanol–water partition coefficient (Wildman–Crippen LogP) is 3.53. The molecule has 0 radical (unpaired) electrons. The fourth-order valence-corrected chi connectivity index (χ4v) is 3.05. The molecular formula is C16H27N3. The van der Waals surface area contributed by atoms with E-state index in [1.807, 2.05) is 6.20 Å². The van der Waals surface area contributed by atoms with Crippen LogP contribution in [0.2, 0.25) is 0 Å². The minimum Gasteiger partial charge on any atom is -0.370 e. The Bertz CT molecular complexity index is 381. The molecule has 1 N–H and O–H groups in total. The highest BCUT2D eigenvalue weighted by atomic mass is 15.2. The van der Waals surface area contributed by atoms with Gasteiger partial charge in [0.15, 0.2) is 0 Å². The molecule has 106 valence electrons. The van der Waals surface area contributed by atoms with Crippen molar-refractivity contribution in [2.45, 2.75) is 46.6 Å². The summed E-state index contributed by atoms with van der Waals surface area (Å²) in [7, 11) is 0. The van der Waals surface area contributed by atoms with Crippen LogP contribution >= 0.6 is 0 Å². The van der Waals surface area contributed by atoms with Gasteiger partial charge < -0.3 is 5.32 Å². The van der Waals surface area contributed by atoms with Crippen LogP contribution in [0.25, 0.3) is 0 Å². The quantitative estimate of drug-likeness (QED) is 0.849. The van der Waals surface area contributed by atoms with Crippen molar-refractivity contribution in [1.29, 1.82) is 0 Å². The lowest BCUT2D eigenvalue weighted by Gasteiger charge is -2.26. The Balaban J connectivity index is 1.91. The Morgan fingerprint density at radius 1 is 1.26 bits per heavy atom. The van der Waals surface area contributed by atoms with Gasteiger partial charge in [0.05, 0.1) is 0 Å². The van der Waals surface area contributed by atoms with E-state index in [2.05, 4.69) is 48.1 Å². The Morgan fingerprint density at radius 3 is 2.58 bits per heavy atom. The van der Waals surface area contributed by atoms with Gasteiger partial charge in [-0.1, -0.05) is 19.9 Å². The van der Waals surface area contributed by atoms with Crippen LogP contribution in [-0.2, 0) is 6.54 Å². The maximum Gasteiger partial charge on any atom is 0.125 e. The number of rotatable bonds is 6. The summed E-state index contributed by atoms with van der Waals surface area (Å²) in [6.07, 6.45) is 5.97. The molecule has 1 aliphatic heterocycles. The third-order valence-electron chi connectivity index (χ3n) is 4.61. The van der Waals surface area contributed by atoms with Crippen molar-refractivity contribution in [3.8, 4) is 0 Å². The number of nitrogens with zero attached hydrogens (tertiary/aromatic N) is 2. The van der Waals surface area contributed by atoms with E-state index in [0.717, 1.165) is 18.9 Å². The highest BCUT2D eigenvalue weighted by molar-refractivity contribution is 5.35. The van der Waals surface area contributed by atoms with Crippen LogP contribution in [0.3, 0.4) is 0 Å². The van der Waals surface area contributed by atoms with Crippen LogP contribution in [0.4, 0.5) is 5.82 Å². The van der Waals surface area contributed by atoms with Crippen molar-refractivity contribution >= 4 is 5.82 Å². The number of aromatic nitrogens is 1. The van der Waals surface area contributed by atoms with Crippen LogP contribution in [-0.4, -0.2) is 29.5 Å². The van der Waals surface area contributed by atoms with E-state index in [9.17, 15) is 0 Å². The normalized spacial score (nSPS) is 18.7. The van der Waals surface area contributed by atoms with E-state index in [-0.39, 0.29) is 0 Å². The van der Waals surface area contributed by atoms with Gasteiger partial charge in [-0.05, 0) is 49.8 Å². The first kappa shape index (κ1) is 14.3. The lowest BCUT2D eigenvalue weighted by Crippen LogP contribution is -2.26. The average molecular weight is 261 g/mol. The molecule has 1 saturated heterocycles. The average Bonchev–Trinajstić information content (AvgIpc) is 2.85. The zero-order valence-electron chi connectivity index (χ0n) is 12.6. The van der Waals surface area contributed by atoms with E-state index in [1.54, 1.807) is 0 Å². The summed E-state index contributed by atoms with van der Waals surface area (Å²) in [5, 5.41) is 3.23. The van der Waals surface area contributed by atoms with Crippen molar-refractivity contribution in [1.82, 2.24) is 9.88 Å². The predicted molar refractivity (Wildman–Crippen MR) is 81.3 cm³/mol. The third kappa shape index (κ3) is 3.47. The SMILES string of the molecule is CCNc1ccc(CN2CCC(CC)(CC)C2)cn1. The molecule has 2 heterocycles. The zero-order chi connectivity index (χ0) is 13.7. The second-order valence-electron chi connectivity index (χ2n) is 5.75. The maximum absolute atomic E-state index is 4.45. The molecule has 2 rings (SSSR count). The first-order chi connectivity index (χ1) is 9.21. The zero-order valence-corrected chi connectivity index (χ0v) is 12.6. The van der Waals surface area contributed by atoms with Gasteiger partial charge in [-0.25, -0.2) is 4.98 Å². The Hall–Kier alpha value is -1.09. The minimum atomic E-state index is 0.567. The molecule has 1 aromatic rings. The molecule has 0 atom stereocenters. The molecule has 1 aromatic heterocycles. The fourth-order valence-electron chi connectivity index (χ4n) is 3.05. The standard InChI is InChI=1S/C16H27N3/c1-4-16(5-2)9-10-19(13-16)12-14-7-8-15(17-6-3)18-11-14/h7-8,11H,4-6,9-10,12-13H2,1-3H3,(H,17,18). The molecule has 0 spiro atoms. The van der Waals surface area contributed by atoms with Gasteiger partial charge in [0.25, 0.3) is 0 Å². The van der Waals surface area contributed by atoms with E-state index >= 15 is 0 Å². The monoisotopic (exact) mass is 261 g/mol. The van der Waals surface area contributed by atoms with Crippen LogP contribution in [0.15, 0.2) is 18.3 Å². The van der Waals surface area contributed by atoms with Gasteiger partial charge in [-0.15, -0.1) is 0 Å². The Morgan fingerprint density at radius 2 is 2.05 bits per heavy atom. The number of pyridine rings is 1. The van der Waals surface area contributed by atoms with E-state index in [1.165, 1.54) is 37.9 Å². The molecule has 0 aliphatic carbocycles. The number of hydrogen-bond acceptors (Lipinski definition) is 3. The third-order valence-corrected chi connectivity index (χ3v) is 4.61. The second kappa shape index (κ2) is 6.38. The van der Waals surface area contributed by atoms with Crippen molar-refractivity contribution in [2.75, 3.05) is 25.0 Å². The lowest BCUT2D eigenvalue weighted by molar-refractivity contribution is 0.236. The first-order valence-corrected chi connectivity index (χ1v) is 7.62. The van der Waals surface area contributed by atoms with Gasteiger partial charge in [0.1, 0.15) is 5.82 Å². The largest absolute Gasteiger partial charge is 0.370 e. The first-order valence-electron chi connectivity index (χ1n) is 7.62. The second-order valence-corrected chi connectivity index (χ2v) is 5.75. The van der Waals surface area contributed by atoms with Crippen molar-refractivity contribution < 1.29 is 0 Å². The highest BCUT2D eigenvalue weighted by Crippen LogP contribution is 2.37. The van der Waals surface area contributed by atoms with Gasteiger partial charge in [-0.2, -0.15) is 0 Å². The molecular weight excluding hydrogens is 234 g/mol. The van der Waals surface area contributed by atoms with Crippen LogP contribution in [0.1, 0.15) is 45.6 Å². The molecule has 1 fully saturated rings. The molecule has 19 heavy (non-hydrogen) atoms. The topological polar surface area (TPSA) is 28.2 Å². The molecule has 0 aromatic carbocycles. The van der Waals surface area contributed by atoms with Crippen LogP contribution in [0.5, 0.6) is 0 Å². The van der Waals surface area contributed by atoms with E-state index in [0.29, 0.717) is 5.41 Å². The highest BCUT2D eigenvalue weighted by Gasteiger charge is 2.34. The number of likely N-dealkylation sites (tertiary alicyclic amines) is 1. The summed E-state index contributed by atoms with van der Waals surface area (Å²) in [6.45, 7) is 11.2. The molecule has 0 amide bonds. The Kier molecular flexibility index (Phi) is 4.81. The van der Waals surface area contributed by atoms with E-state index in [4.69, 9.17) is 0 Å². The summed E-state index contributed by atoms with van der Waals surface area (Å²) < 4.78 is 0. The summed E-state index contributed by atoms with van der Waals surface area (Å²) in [4.78, 5) is 7.03. The lowest BCUT2D eigenvalue weighted by atomic mass is 9.82. The summed E-state index contributed by atoms with van der Waals surface area (Å²) in [5.41, 5.74) is 1.89. The van der Waals surface area contributed by atoms with E-state index < -0.39 is 0 Å². The fraction of sp³-hybridized carbons (Fsp3) is 0.688. The summed E-state index contributed by atoms with van der Waals surface area (Å²) in [6, 6.07) is 4.28. The number of nitrogens with one attached hydrogen (secondary N) is 1. The smallest absolute Gasteiger partial charge is 0.125 e. The van der Waals surface area contributed by atoms with Crippen molar-refractivity contribution in [3.63, 3.8) is 0 Å². The molecule has 0 saturated carbocycles. The molecule has 1 aliphatic rings. The number of anilines is 1. The summed E-state index contributed by atoms with van der Waals surface area (Å²) in [5.74, 6) is 0.976. The van der Waals surface area contributed by atoms with Gasteiger partial charge in [0.2, 0.25) is 0 Å². The molecule has 0 unspecified atom stereocenters. The van der Waals surface area contributed by atoms with Gasteiger partial charge in [-0.3, -0.25) is 4.90 Å². The molecule has 3 heteroatoms. The van der Waals surface area contributed by atoms with Crippen LogP contribution in [0, 0.1) is 5.41 Å². The Labute approximate surface area is 117 Å². The minimum absolute atomic E-state index is 0.567. The maximum atomic E-state index is 4.45.